The SMILES string of the molecule is CC/C=C\C/C=C\C/C=C\C/C=C\C/C=C\CCCC(=O)NC(COP(=O)(O)OCC[N+](C)(C)C)C(/C=C/CCCCCCCCCCCC)OC(=O)CCCCCCCCCCC/C=C/CCCCCCCC. The summed E-state index contributed by atoms with van der Waals surface area (Å²) in [6, 6.07) is -0.882. The Hall–Kier alpha value is -2.81. The molecule has 0 fully saturated rings. The fraction of sp³-hybridized carbons (Fsp3) is 0.750. The molecule has 0 heterocycles. The summed E-state index contributed by atoms with van der Waals surface area (Å²) in [5.41, 5.74) is 0. The average Bonchev–Trinajstić information content (AvgIpc) is 3.36. The number of unbranched alkanes of at least 4 members (excludes halogenated alkanes) is 26. The molecule has 0 aromatic rings. The van der Waals surface area contributed by atoms with Gasteiger partial charge < -0.3 is 19.4 Å². The average molecular weight is 1060 g/mol. The topological polar surface area (TPSA) is 111 Å². The van der Waals surface area contributed by atoms with Crippen LogP contribution in [0.2, 0.25) is 0 Å². The van der Waals surface area contributed by atoms with E-state index in [9.17, 15) is 19.0 Å². The Labute approximate surface area is 456 Å². The number of amides is 1. The van der Waals surface area contributed by atoms with Crippen molar-refractivity contribution in [2.75, 3.05) is 40.9 Å². The van der Waals surface area contributed by atoms with E-state index in [1.807, 2.05) is 33.3 Å². The van der Waals surface area contributed by atoms with Crippen molar-refractivity contribution in [3.05, 3.63) is 85.1 Å². The van der Waals surface area contributed by atoms with Gasteiger partial charge in [-0.25, -0.2) is 4.57 Å². The fourth-order valence-electron chi connectivity index (χ4n) is 8.38. The largest absolute Gasteiger partial charge is 0.472 e. The normalized spacial score (nSPS) is 14.3. The van der Waals surface area contributed by atoms with Gasteiger partial charge in [0, 0.05) is 12.8 Å². The summed E-state index contributed by atoms with van der Waals surface area (Å²) in [5, 5.41) is 3.02. The Morgan fingerprint density at radius 1 is 0.486 bits per heavy atom. The molecule has 0 rings (SSSR count). The van der Waals surface area contributed by atoms with Crippen LogP contribution in [0.1, 0.15) is 258 Å². The summed E-state index contributed by atoms with van der Waals surface area (Å²) in [5.74, 6) is -0.576. The highest BCUT2D eigenvalue weighted by atomic mass is 31.2. The lowest BCUT2D eigenvalue weighted by molar-refractivity contribution is -0.870. The van der Waals surface area contributed by atoms with Crippen LogP contribution in [0.25, 0.3) is 0 Å². The van der Waals surface area contributed by atoms with Crippen molar-refractivity contribution in [2.24, 2.45) is 0 Å². The van der Waals surface area contributed by atoms with E-state index in [2.05, 4.69) is 99.0 Å². The predicted octanol–water partition coefficient (Wildman–Crippen LogP) is 18.6. The molecule has 10 heteroatoms. The zero-order chi connectivity index (χ0) is 54.3. The fourth-order valence-corrected chi connectivity index (χ4v) is 9.12. The van der Waals surface area contributed by atoms with Crippen LogP contribution < -0.4 is 5.32 Å². The highest BCUT2D eigenvalue weighted by Gasteiger charge is 2.30. The second-order valence-corrected chi connectivity index (χ2v) is 22.9. The van der Waals surface area contributed by atoms with Gasteiger partial charge in [0.15, 0.2) is 0 Å². The molecule has 1 amide bonds. The summed E-state index contributed by atoms with van der Waals surface area (Å²) in [4.78, 5) is 37.6. The number of ether oxygens (including phenoxy) is 1. The molecule has 428 valence electrons. The number of carbonyl (C=O) groups excluding carboxylic acids is 2. The lowest BCUT2D eigenvalue weighted by atomic mass is 10.0. The molecule has 74 heavy (non-hydrogen) atoms. The molecule has 3 unspecified atom stereocenters. The van der Waals surface area contributed by atoms with Crippen LogP contribution in [-0.4, -0.2) is 74.3 Å². The molecule has 3 atom stereocenters. The molecule has 0 aliphatic carbocycles. The molecule has 0 aliphatic heterocycles. The van der Waals surface area contributed by atoms with Crippen LogP contribution in [0.3, 0.4) is 0 Å². The van der Waals surface area contributed by atoms with Crippen molar-refractivity contribution in [2.45, 2.75) is 270 Å². The minimum absolute atomic E-state index is 0.0263. The Morgan fingerprint density at radius 2 is 0.878 bits per heavy atom. The summed E-state index contributed by atoms with van der Waals surface area (Å²) in [6.45, 7) is 6.85. The zero-order valence-electron chi connectivity index (χ0n) is 48.8. The molecule has 0 saturated carbocycles. The summed E-state index contributed by atoms with van der Waals surface area (Å²) in [7, 11) is 1.45. The Bertz CT molecular complexity index is 1540. The molecule has 2 N–H and O–H groups in total. The van der Waals surface area contributed by atoms with E-state index in [1.54, 1.807) is 0 Å². The molecule has 0 aliphatic rings. The van der Waals surface area contributed by atoms with Gasteiger partial charge in [-0.1, -0.05) is 235 Å². The number of nitrogens with one attached hydrogen (secondary N) is 1. The number of hydrogen-bond donors (Lipinski definition) is 2. The van der Waals surface area contributed by atoms with Crippen molar-refractivity contribution in [3.63, 3.8) is 0 Å². The second kappa shape index (κ2) is 53.6. The number of rotatable bonds is 54. The first-order chi connectivity index (χ1) is 35.9. The number of phosphoric ester groups is 1. The van der Waals surface area contributed by atoms with Crippen LogP contribution in [0.4, 0.5) is 0 Å². The minimum Gasteiger partial charge on any atom is -0.456 e. The molecule has 0 saturated heterocycles. The van der Waals surface area contributed by atoms with Gasteiger partial charge >= 0.3 is 13.8 Å². The van der Waals surface area contributed by atoms with E-state index in [1.165, 1.54) is 141 Å². The van der Waals surface area contributed by atoms with Crippen molar-refractivity contribution >= 4 is 19.7 Å². The Balaban J connectivity index is 5.36. The van der Waals surface area contributed by atoms with Gasteiger partial charge in [-0.15, -0.1) is 0 Å². The van der Waals surface area contributed by atoms with E-state index in [0.29, 0.717) is 17.4 Å². The van der Waals surface area contributed by atoms with Gasteiger partial charge in [-0.2, -0.15) is 0 Å². The van der Waals surface area contributed by atoms with Crippen molar-refractivity contribution in [1.82, 2.24) is 5.32 Å². The van der Waals surface area contributed by atoms with Crippen LogP contribution in [-0.2, 0) is 27.9 Å². The molecule has 0 radical (unpaired) electrons. The number of carbonyl (C=O) groups is 2. The van der Waals surface area contributed by atoms with Crippen LogP contribution >= 0.6 is 7.82 Å². The first kappa shape index (κ1) is 71.2. The number of quaternary nitrogens is 1. The molecule has 9 nitrogen and oxygen atoms in total. The third-order valence-corrected chi connectivity index (χ3v) is 14.1. The summed E-state index contributed by atoms with van der Waals surface area (Å²) in [6.07, 6.45) is 70.2. The van der Waals surface area contributed by atoms with Crippen LogP contribution in [0, 0.1) is 0 Å². The van der Waals surface area contributed by atoms with Crippen LogP contribution in [0.5, 0.6) is 0 Å². The maximum atomic E-state index is 13.5. The van der Waals surface area contributed by atoms with Gasteiger partial charge in [0.2, 0.25) is 5.91 Å². The third-order valence-electron chi connectivity index (χ3n) is 13.1. The molecule has 0 bridgehead atoms. The molecular formula is C64H116N2O7P+. The monoisotopic (exact) mass is 1060 g/mol. The quantitative estimate of drug-likeness (QED) is 0.0205. The molecule has 0 aromatic carbocycles. The number of hydrogen-bond acceptors (Lipinski definition) is 6. The van der Waals surface area contributed by atoms with Gasteiger partial charge in [0.05, 0.1) is 33.8 Å². The standard InChI is InChI=1S/C64H115N2O7P/c1-7-10-13-16-19-22-25-28-30-32-33-35-37-39-42-45-48-51-54-57-64(68)73-62(55-52-49-46-43-40-27-24-21-18-15-12-9-3)61(60-72-74(69,70)71-59-58-66(4,5)6)65-63(67)56-53-50-47-44-41-38-36-34-31-29-26-23-20-17-14-11-8-2/h11,14,20,23,28-31,36,38,44,47,52,55,61-62H,7-10,12-13,15-19,21-22,24-27,32-35,37,39-43,45-46,48-51,53-54,56-60H2,1-6H3,(H-,65,67,69,70)/p+1/b14-11-,23-20-,30-28+,31-29-,38-36-,47-44-,55-52+. The lowest BCUT2D eigenvalue weighted by Gasteiger charge is -2.27. The summed E-state index contributed by atoms with van der Waals surface area (Å²) >= 11 is 0. The van der Waals surface area contributed by atoms with Crippen molar-refractivity contribution < 1.29 is 37.3 Å². The van der Waals surface area contributed by atoms with Gasteiger partial charge in [0.25, 0.3) is 0 Å². The second-order valence-electron chi connectivity index (χ2n) is 21.5. The number of likely N-dealkylation sites (N-methyl/N-ethyl adjacent to an activating group) is 1. The molecule has 0 aromatic heterocycles. The predicted molar refractivity (Wildman–Crippen MR) is 318 cm³/mol. The van der Waals surface area contributed by atoms with Gasteiger partial charge in [-0.3, -0.25) is 18.6 Å². The summed E-state index contributed by atoms with van der Waals surface area (Å²) < 4.78 is 30.6. The number of allylic oxidation sites excluding steroid dienone is 13. The van der Waals surface area contributed by atoms with E-state index in [4.69, 9.17) is 13.8 Å². The lowest BCUT2D eigenvalue weighted by Crippen LogP contribution is -2.47. The number of esters is 1. The van der Waals surface area contributed by atoms with Gasteiger partial charge in [-0.05, 0) is 96.0 Å². The van der Waals surface area contributed by atoms with E-state index < -0.39 is 20.0 Å². The number of nitrogens with zero attached hydrogens (tertiary/aromatic N) is 1. The van der Waals surface area contributed by atoms with Crippen molar-refractivity contribution in [1.29, 1.82) is 0 Å². The van der Waals surface area contributed by atoms with E-state index in [0.717, 1.165) is 77.0 Å². The first-order valence-electron chi connectivity index (χ1n) is 30.4. The first-order valence-corrected chi connectivity index (χ1v) is 31.9. The van der Waals surface area contributed by atoms with Crippen LogP contribution in [0.15, 0.2) is 85.1 Å². The Kier molecular flexibility index (Phi) is 51.5. The number of phosphoric acid groups is 1. The zero-order valence-corrected chi connectivity index (χ0v) is 49.7. The van der Waals surface area contributed by atoms with Gasteiger partial charge in [0.1, 0.15) is 19.3 Å². The minimum atomic E-state index is -4.47. The maximum absolute atomic E-state index is 13.5. The van der Waals surface area contributed by atoms with E-state index in [-0.39, 0.29) is 37.9 Å². The molecular weight excluding hydrogens is 940 g/mol. The smallest absolute Gasteiger partial charge is 0.456 e. The Morgan fingerprint density at radius 3 is 1.34 bits per heavy atom. The third kappa shape index (κ3) is 54.0. The van der Waals surface area contributed by atoms with E-state index >= 15 is 0 Å². The highest BCUT2D eigenvalue weighted by molar-refractivity contribution is 7.47. The highest BCUT2D eigenvalue weighted by Crippen LogP contribution is 2.43. The molecule has 0 spiro atoms. The van der Waals surface area contributed by atoms with Crippen molar-refractivity contribution in [3.8, 4) is 0 Å². The maximum Gasteiger partial charge on any atom is 0.472 e.